The summed E-state index contributed by atoms with van der Waals surface area (Å²) >= 11 is 0. The SMILES string of the molecule is O=C(NN1CCOC(c2cccc3[nH]ncc23)C1)c1cc2ncncc2o1. The summed E-state index contributed by atoms with van der Waals surface area (Å²) in [6, 6.07) is 7.56. The number of hydrogen-bond acceptors (Lipinski definition) is 7. The number of H-pyrrole nitrogens is 1. The Morgan fingerprint density at radius 2 is 2.30 bits per heavy atom. The summed E-state index contributed by atoms with van der Waals surface area (Å²) in [7, 11) is 0. The molecule has 136 valence electrons. The number of morpholine rings is 1. The van der Waals surface area contributed by atoms with Gasteiger partial charge in [-0.15, -0.1) is 0 Å². The first-order valence-corrected chi connectivity index (χ1v) is 8.57. The van der Waals surface area contributed by atoms with Crippen LogP contribution in [0.25, 0.3) is 22.0 Å². The number of hydrazine groups is 1. The second kappa shape index (κ2) is 6.45. The number of rotatable bonds is 3. The van der Waals surface area contributed by atoms with E-state index in [-0.39, 0.29) is 17.8 Å². The number of furan rings is 1. The fraction of sp³-hybridized carbons (Fsp3) is 0.222. The molecule has 1 saturated heterocycles. The van der Waals surface area contributed by atoms with Gasteiger partial charge in [-0.1, -0.05) is 12.1 Å². The van der Waals surface area contributed by atoms with Gasteiger partial charge < -0.3 is 9.15 Å². The molecular formula is C18H16N6O3. The molecule has 0 bridgehead atoms. The van der Waals surface area contributed by atoms with E-state index in [9.17, 15) is 4.79 Å². The van der Waals surface area contributed by atoms with Crippen LogP contribution in [0.2, 0.25) is 0 Å². The molecule has 1 aliphatic rings. The molecule has 1 atom stereocenters. The lowest BCUT2D eigenvalue weighted by molar-refractivity contribution is -0.0446. The number of amides is 1. The third-order valence-electron chi connectivity index (χ3n) is 4.61. The predicted molar refractivity (Wildman–Crippen MR) is 95.6 cm³/mol. The number of ether oxygens (including phenoxy) is 1. The highest BCUT2D eigenvalue weighted by Gasteiger charge is 2.26. The van der Waals surface area contributed by atoms with Crippen LogP contribution in [0, 0.1) is 0 Å². The minimum absolute atomic E-state index is 0.165. The first-order chi connectivity index (χ1) is 13.3. The molecule has 3 aromatic heterocycles. The van der Waals surface area contributed by atoms with Gasteiger partial charge in [0, 0.05) is 24.5 Å². The maximum atomic E-state index is 12.5. The van der Waals surface area contributed by atoms with Crippen molar-refractivity contribution in [1.82, 2.24) is 30.6 Å². The molecule has 4 aromatic rings. The summed E-state index contributed by atoms with van der Waals surface area (Å²) in [5.74, 6) is -0.124. The summed E-state index contributed by atoms with van der Waals surface area (Å²) in [5.41, 5.74) is 5.97. The van der Waals surface area contributed by atoms with Crippen LogP contribution in [0.15, 0.2) is 47.4 Å². The summed E-state index contributed by atoms with van der Waals surface area (Å²) in [5, 5.41) is 9.92. The Labute approximate surface area is 153 Å². The topological polar surface area (TPSA) is 109 Å². The number of carbonyl (C=O) groups is 1. The summed E-state index contributed by atoms with van der Waals surface area (Å²) in [4.78, 5) is 20.5. The third kappa shape index (κ3) is 2.92. The van der Waals surface area contributed by atoms with Crippen LogP contribution >= 0.6 is 0 Å². The Balaban J connectivity index is 1.33. The number of nitrogens with zero attached hydrogens (tertiary/aromatic N) is 4. The first-order valence-electron chi connectivity index (χ1n) is 8.57. The van der Waals surface area contributed by atoms with Crippen LogP contribution in [0.4, 0.5) is 0 Å². The maximum Gasteiger partial charge on any atom is 0.301 e. The lowest BCUT2D eigenvalue weighted by atomic mass is 10.0. The fourth-order valence-electron chi connectivity index (χ4n) is 3.31. The Kier molecular flexibility index (Phi) is 3.80. The van der Waals surface area contributed by atoms with Crippen LogP contribution in [0.3, 0.4) is 0 Å². The van der Waals surface area contributed by atoms with Crippen molar-refractivity contribution < 1.29 is 13.9 Å². The molecule has 1 amide bonds. The van der Waals surface area contributed by atoms with Crippen molar-refractivity contribution in [3.05, 3.63) is 54.3 Å². The van der Waals surface area contributed by atoms with E-state index < -0.39 is 0 Å². The molecule has 4 heterocycles. The van der Waals surface area contributed by atoms with Gasteiger partial charge in [-0.05, 0) is 11.6 Å². The first kappa shape index (κ1) is 15.9. The molecule has 9 nitrogen and oxygen atoms in total. The maximum absolute atomic E-state index is 12.5. The van der Waals surface area contributed by atoms with Gasteiger partial charge in [0.15, 0.2) is 11.3 Å². The smallest absolute Gasteiger partial charge is 0.301 e. The zero-order chi connectivity index (χ0) is 18.2. The zero-order valence-corrected chi connectivity index (χ0v) is 14.3. The van der Waals surface area contributed by atoms with E-state index in [0.29, 0.717) is 30.8 Å². The fourth-order valence-corrected chi connectivity index (χ4v) is 3.31. The van der Waals surface area contributed by atoms with Crippen molar-refractivity contribution in [2.24, 2.45) is 0 Å². The minimum Gasteiger partial charge on any atom is -0.448 e. The number of aromatic amines is 1. The molecule has 2 N–H and O–H groups in total. The van der Waals surface area contributed by atoms with E-state index in [1.807, 2.05) is 23.2 Å². The minimum atomic E-state index is -0.324. The lowest BCUT2D eigenvalue weighted by Gasteiger charge is -2.33. The van der Waals surface area contributed by atoms with E-state index >= 15 is 0 Å². The summed E-state index contributed by atoms with van der Waals surface area (Å²) in [6.45, 7) is 1.62. The molecule has 5 rings (SSSR count). The number of benzene rings is 1. The summed E-state index contributed by atoms with van der Waals surface area (Å²) in [6.07, 6.45) is 4.58. The predicted octanol–water partition coefficient (Wildman–Crippen LogP) is 1.82. The molecule has 9 heteroatoms. The number of carbonyl (C=O) groups excluding carboxylic acids is 1. The molecule has 1 fully saturated rings. The molecule has 1 aromatic carbocycles. The van der Waals surface area contributed by atoms with Crippen molar-refractivity contribution in [1.29, 1.82) is 0 Å². The molecular weight excluding hydrogens is 348 g/mol. The van der Waals surface area contributed by atoms with Gasteiger partial charge in [0.05, 0.1) is 30.6 Å². The number of nitrogens with one attached hydrogen (secondary N) is 2. The van der Waals surface area contributed by atoms with Crippen LogP contribution in [0.1, 0.15) is 22.2 Å². The van der Waals surface area contributed by atoms with E-state index in [0.717, 1.165) is 16.5 Å². The molecule has 0 aliphatic carbocycles. The van der Waals surface area contributed by atoms with Crippen LogP contribution in [-0.2, 0) is 4.74 Å². The standard InChI is InChI=1S/C18H16N6O3/c25-18(15-6-14-16(27-15)8-19-10-20-14)23-24-4-5-26-17(9-24)11-2-1-3-13-12(11)7-21-22-13/h1-3,6-8,10,17H,4-5,9H2,(H,21,22)(H,23,25). The van der Waals surface area contributed by atoms with Crippen molar-refractivity contribution in [2.45, 2.75) is 6.10 Å². The van der Waals surface area contributed by atoms with Crippen molar-refractivity contribution in [3.8, 4) is 0 Å². The van der Waals surface area contributed by atoms with E-state index in [1.165, 1.54) is 12.5 Å². The lowest BCUT2D eigenvalue weighted by Crippen LogP contribution is -2.49. The molecule has 0 radical (unpaired) electrons. The molecule has 0 saturated carbocycles. The van der Waals surface area contributed by atoms with E-state index in [4.69, 9.17) is 9.15 Å². The van der Waals surface area contributed by atoms with Crippen LogP contribution < -0.4 is 5.43 Å². The van der Waals surface area contributed by atoms with E-state index in [2.05, 4.69) is 25.6 Å². The Morgan fingerprint density at radius 1 is 1.33 bits per heavy atom. The van der Waals surface area contributed by atoms with Crippen molar-refractivity contribution in [2.75, 3.05) is 19.7 Å². The van der Waals surface area contributed by atoms with E-state index in [1.54, 1.807) is 12.3 Å². The van der Waals surface area contributed by atoms with Crippen LogP contribution in [-0.4, -0.2) is 50.8 Å². The number of hydrogen-bond donors (Lipinski definition) is 2. The number of aromatic nitrogens is 4. The molecule has 1 unspecified atom stereocenters. The normalized spacial score (nSPS) is 18.1. The Morgan fingerprint density at radius 3 is 3.22 bits per heavy atom. The van der Waals surface area contributed by atoms with Gasteiger partial charge in [-0.2, -0.15) is 5.10 Å². The quantitative estimate of drug-likeness (QED) is 0.571. The van der Waals surface area contributed by atoms with Gasteiger partial charge in [0.25, 0.3) is 0 Å². The number of fused-ring (bicyclic) bond motifs is 2. The van der Waals surface area contributed by atoms with Crippen molar-refractivity contribution >= 4 is 27.9 Å². The highest BCUT2D eigenvalue weighted by Crippen LogP contribution is 2.28. The van der Waals surface area contributed by atoms with Gasteiger partial charge in [-0.3, -0.25) is 15.3 Å². The van der Waals surface area contributed by atoms with Gasteiger partial charge in [-0.25, -0.2) is 15.0 Å². The van der Waals surface area contributed by atoms with Gasteiger partial charge in [0.1, 0.15) is 11.8 Å². The highest BCUT2D eigenvalue weighted by atomic mass is 16.5. The zero-order valence-electron chi connectivity index (χ0n) is 14.3. The third-order valence-corrected chi connectivity index (χ3v) is 4.61. The van der Waals surface area contributed by atoms with Gasteiger partial charge >= 0.3 is 5.91 Å². The van der Waals surface area contributed by atoms with Gasteiger partial charge in [0.2, 0.25) is 0 Å². The van der Waals surface area contributed by atoms with Crippen LogP contribution in [0.5, 0.6) is 0 Å². The monoisotopic (exact) mass is 364 g/mol. The second-order valence-corrected chi connectivity index (χ2v) is 6.31. The Hall–Kier alpha value is -3.30. The average Bonchev–Trinajstić information content (AvgIpc) is 3.34. The highest BCUT2D eigenvalue weighted by molar-refractivity contribution is 5.94. The molecule has 27 heavy (non-hydrogen) atoms. The largest absolute Gasteiger partial charge is 0.448 e. The molecule has 0 spiro atoms. The summed E-state index contributed by atoms with van der Waals surface area (Å²) < 4.78 is 11.5. The molecule has 1 aliphatic heterocycles. The Bertz CT molecular complexity index is 1090. The van der Waals surface area contributed by atoms with Crippen molar-refractivity contribution in [3.63, 3.8) is 0 Å². The second-order valence-electron chi connectivity index (χ2n) is 6.31. The average molecular weight is 364 g/mol.